The highest BCUT2D eigenvalue weighted by Crippen LogP contribution is 2.26. The van der Waals surface area contributed by atoms with Crippen LogP contribution in [-0.4, -0.2) is 55.2 Å². The molecule has 0 aliphatic carbocycles. The van der Waals surface area contributed by atoms with Crippen LogP contribution in [0.15, 0.2) is 34.0 Å². The topological polar surface area (TPSA) is 54.5 Å². The van der Waals surface area contributed by atoms with Gasteiger partial charge in [0.25, 0.3) is 0 Å². The zero-order chi connectivity index (χ0) is 18.2. The average Bonchev–Trinajstić information content (AvgIpc) is 3.09. The van der Waals surface area contributed by atoms with E-state index in [9.17, 15) is 4.79 Å². The number of carbonyl (C=O) groups is 1. The van der Waals surface area contributed by atoms with Gasteiger partial charge in [-0.3, -0.25) is 9.69 Å². The predicted octanol–water partition coefficient (Wildman–Crippen LogP) is 2.73. The number of rotatable bonds is 8. The summed E-state index contributed by atoms with van der Waals surface area (Å²) < 4.78 is 6.34. The number of aromatic nitrogens is 1. The van der Waals surface area contributed by atoms with E-state index in [1.54, 1.807) is 23.1 Å². The van der Waals surface area contributed by atoms with Crippen molar-refractivity contribution in [3.8, 4) is 0 Å². The molecule has 1 amide bonds. The van der Waals surface area contributed by atoms with Gasteiger partial charge in [-0.2, -0.15) is 0 Å². The SMILES string of the molecule is Cc1ccc(CSc2nc(CC(=O)NCCN3CCOCC3)cs2)cc1. The van der Waals surface area contributed by atoms with Crippen LogP contribution in [0.4, 0.5) is 0 Å². The molecule has 2 heterocycles. The Kier molecular flexibility index (Phi) is 7.49. The number of amides is 1. The molecule has 5 nitrogen and oxygen atoms in total. The summed E-state index contributed by atoms with van der Waals surface area (Å²) in [6.45, 7) is 7.12. The van der Waals surface area contributed by atoms with E-state index in [0.717, 1.165) is 48.6 Å². The number of thioether (sulfide) groups is 1. The van der Waals surface area contributed by atoms with Crippen molar-refractivity contribution in [1.29, 1.82) is 0 Å². The third-order valence-electron chi connectivity index (χ3n) is 4.21. The van der Waals surface area contributed by atoms with Crippen LogP contribution in [0.2, 0.25) is 0 Å². The molecule has 1 fully saturated rings. The van der Waals surface area contributed by atoms with Gasteiger partial charge in [0.1, 0.15) is 4.34 Å². The van der Waals surface area contributed by atoms with E-state index in [-0.39, 0.29) is 5.91 Å². The van der Waals surface area contributed by atoms with Gasteiger partial charge in [-0.15, -0.1) is 11.3 Å². The average molecular weight is 392 g/mol. The Morgan fingerprint density at radius 3 is 2.85 bits per heavy atom. The highest BCUT2D eigenvalue weighted by molar-refractivity contribution is 8.00. The number of thiazole rings is 1. The molecule has 140 valence electrons. The van der Waals surface area contributed by atoms with E-state index < -0.39 is 0 Å². The molecule has 2 aromatic rings. The zero-order valence-electron chi connectivity index (χ0n) is 15.1. The Morgan fingerprint density at radius 2 is 2.08 bits per heavy atom. The van der Waals surface area contributed by atoms with Gasteiger partial charge in [0.15, 0.2) is 0 Å². The van der Waals surface area contributed by atoms with E-state index in [1.807, 2.05) is 5.38 Å². The Hall–Kier alpha value is -1.41. The first-order valence-corrected chi connectivity index (χ1v) is 10.7. The van der Waals surface area contributed by atoms with Crippen LogP contribution in [0.5, 0.6) is 0 Å². The van der Waals surface area contributed by atoms with Gasteiger partial charge < -0.3 is 10.1 Å². The summed E-state index contributed by atoms with van der Waals surface area (Å²) in [4.78, 5) is 19.0. The minimum Gasteiger partial charge on any atom is -0.379 e. The molecule has 26 heavy (non-hydrogen) atoms. The van der Waals surface area contributed by atoms with E-state index in [1.165, 1.54) is 11.1 Å². The number of morpholine rings is 1. The van der Waals surface area contributed by atoms with Gasteiger partial charge in [0.05, 0.1) is 25.3 Å². The molecule has 1 aliphatic heterocycles. The third-order valence-corrected chi connectivity index (χ3v) is 6.35. The van der Waals surface area contributed by atoms with Crippen LogP contribution < -0.4 is 5.32 Å². The molecule has 1 saturated heterocycles. The van der Waals surface area contributed by atoms with Crippen molar-refractivity contribution in [2.45, 2.75) is 23.4 Å². The van der Waals surface area contributed by atoms with Crippen molar-refractivity contribution in [2.24, 2.45) is 0 Å². The normalized spacial score (nSPS) is 15.1. The second kappa shape index (κ2) is 10.1. The molecule has 0 unspecified atom stereocenters. The van der Waals surface area contributed by atoms with Crippen molar-refractivity contribution < 1.29 is 9.53 Å². The molecule has 1 aliphatic rings. The van der Waals surface area contributed by atoms with E-state index in [2.05, 4.69) is 46.4 Å². The maximum absolute atomic E-state index is 12.1. The largest absolute Gasteiger partial charge is 0.379 e. The minimum absolute atomic E-state index is 0.0404. The molecular weight excluding hydrogens is 366 g/mol. The molecule has 1 aromatic heterocycles. The fraction of sp³-hybridized carbons (Fsp3) is 0.474. The Balaban J connectivity index is 1.37. The van der Waals surface area contributed by atoms with Crippen LogP contribution in [0.25, 0.3) is 0 Å². The molecule has 3 rings (SSSR count). The predicted molar refractivity (Wildman–Crippen MR) is 107 cm³/mol. The van der Waals surface area contributed by atoms with Gasteiger partial charge in [-0.25, -0.2) is 4.98 Å². The summed E-state index contributed by atoms with van der Waals surface area (Å²) in [6.07, 6.45) is 0.352. The van der Waals surface area contributed by atoms with Crippen molar-refractivity contribution in [1.82, 2.24) is 15.2 Å². The Labute approximate surface area is 163 Å². The van der Waals surface area contributed by atoms with E-state index in [0.29, 0.717) is 13.0 Å². The van der Waals surface area contributed by atoms with Crippen LogP contribution in [0.1, 0.15) is 16.8 Å². The summed E-state index contributed by atoms with van der Waals surface area (Å²) >= 11 is 3.33. The fourth-order valence-electron chi connectivity index (χ4n) is 2.67. The second-order valence-electron chi connectivity index (χ2n) is 6.36. The lowest BCUT2D eigenvalue weighted by atomic mass is 10.2. The maximum atomic E-state index is 12.1. The molecule has 0 spiro atoms. The highest BCUT2D eigenvalue weighted by atomic mass is 32.2. The number of carbonyl (C=O) groups excluding carboxylic acids is 1. The van der Waals surface area contributed by atoms with Crippen LogP contribution in [0.3, 0.4) is 0 Å². The maximum Gasteiger partial charge on any atom is 0.226 e. The van der Waals surface area contributed by atoms with Crippen molar-refractivity contribution in [3.63, 3.8) is 0 Å². The lowest BCUT2D eigenvalue weighted by molar-refractivity contribution is -0.120. The first-order chi connectivity index (χ1) is 12.7. The molecule has 0 radical (unpaired) electrons. The summed E-state index contributed by atoms with van der Waals surface area (Å²) in [5, 5.41) is 4.97. The molecule has 0 bridgehead atoms. The second-order valence-corrected chi connectivity index (χ2v) is 8.44. The highest BCUT2D eigenvalue weighted by Gasteiger charge is 2.11. The molecule has 1 aromatic carbocycles. The number of benzene rings is 1. The molecule has 7 heteroatoms. The quantitative estimate of drug-likeness (QED) is 0.701. The summed E-state index contributed by atoms with van der Waals surface area (Å²) in [5.41, 5.74) is 3.42. The van der Waals surface area contributed by atoms with Gasteiger partial charge in [-0.1, -0.05) is 41.6 Å². The lowest BCUT2D eigenvalue weighted by Gasteiger charge is -2.26. The number of hydrogen-bond acceptors (Lipinski definition) is 6. The van der Waals surface area contributed by atoms with Crippen LogP contribution >= 0.6 is 23.1 Å². The Morgan fingerprint density at radius 1 is 1.31 bits per heavy atom. The van der Waals surface area contributed by atoms with E-state index in [4.69, 9.17) is 4.74 Å². The summed E-state index contributed by atoms with van der Waals surface area (Å²) in [5.74, 6) is 0.942. The third kappa shape index (κ3) is 6.39. The molecular formula is C19H25N3O2S2. The first-order valence-electron chi connectivity index (χ1n) is 8.88. The molecule has 0 saturated carbocycles. The smallest absolute Gasteiger partial charge is 0.226 e. The standard InChI is InChI=1S/C19H25N3O2S2/c1-15-2-4-16(5-3-15)13-25-19-21-17(14-26-19)12-18(23)20-6-7-22-8-10-24-11-9-22/h2-5,14H,6-13H2,1H3,(H,20,23). The van der Waals surface area contributed by atoms with Crippen LogP contribution in [0, 0.1) is 6.92 Å². The van der Waals surface area contributed by atoms with Crippen LogP contribution in [-0.2, 0) is 21.7 Å². The minimum atomic E-state index is 0.0404. The number of nitrogens with one attached hydrogen (secondary N) is 1. The van der Waals surface area contributed by atoms with Gasteiger partial charge >= 0.3 is 0 Å². The summed E-state index contributed by atoms with van der Waals surface area (Å²) in [6, 6.07) is 8.56. The first kappa shape index (κ1) is 19.4. The van der Waals surface area contributed by atoms with Crippen molar-refractivity contribution >= 4 is 29.0 Å². The lowest BCUT2D eigenvalue weighted by Crippen LogP contribution is -2.41. The number of hydrogen-bond donors (Lipinski definition) is 1. The number of ether oxygens (including phenoxy) is 1. The van der Waals surface area contributed by atoms with Gasteiger partial charge in [0, 0.05) is 37.3 Å². The number of aryl methyl sites for hydroxylation is 1. The number of nitrogens with zero attached hydrogens (tertiary/aromatic N) is 2. The van der Waals surface area contributed by atoms with Gasteiger partial charge in [-0.05, 0) is 12.5 Å². The monoisotopic (exact) mass is 391 g/mol. The summed E-state index contributed by atoms with van der Waals surface area (Å²) in [7, 11) is 0. The van der Waals surface area contributed by atoms with E-state index >= 15 is 0 Å². The van der Waals surface area contributed by atoms with Gasteiger partial charge in [0.2, 0.25) is 5.91 Å². The molecule has 0 atom stereocenters. The Bertz CT molecular complexity index is 697. The van der Waals surface area contributed by atoms with Crippen molar-refractivity contribution in [3.05, 3.63) is 46.5 Å². The fourth-order valence-corrected chi connectivity index (χ4v) is 4.47. The van der Waals surface area contributed by atoms with Crippen molar-refractivity contribution in [2.75, 3.05) is 39.4 Å². The zero-order valence-corrected chi connectivity index (χ0v) is 16.7. The molecule has 1 N–H and O–H groups in total.